The van der Waals surface area contributed by atoms with Gasteiger partial charge < -0.3 is 26.3 Å². The van der Waals surface area contributed by atoms with Crippen molar-refractivity contribution in [1.82, 2.24) is 15.1 Å². The van der Waals surface area contributed by atoms with E-state index in [1.807, 2.05) is 20.8 Å². The van der Waals surface area contributed by atoms with E-state index in [9.17, 15) is 14.0 Å². The number of hydrogen-bond acceptors (Lipinski definition) is 6. The number of carbonyl (C=O) groups is 2. The van der Waals surface area contributed by atoms with Crippen molar-refractivity contribution < 1.29 is 23.5 Å². The first kappa shape index (κ1) is 24.6. The predicted octanol–water partition coefficient (Wildman–Crippen LogP) is 3.15. The molecule has 0 fully saturated rings. The summed E-state index contributed by atoms with van der Waals surface area (Å²) in [6.07, 6.45) is 0. The molecular formula is C24H28FN5O4. The van der Waals surface area contributed by atoms with Crippen molar-refractivity contribution in [1.29, 1.82) is 0 Å². The number of halogens is 1. The highest BCUT2D eigenvalue weighted by Crippen LogP contribution is 2.31. The summed E-state index contributed by atoms with van der Waals surface area (Å²) in [5.74, 6) is -1.07. The van der Waals surface area contributed by atoms with Gasteiger partial charge in [0.15, 0.2) is 5.69 Å². The first-order chi connectivity index (χ1) is 16.2. The van der Waals surface area contributed by atoms with Crippen LogP contribution in [0, 0.1) is 5.82 Å². The number of carbonyl (C=O) groups excluding carboxylic acids is 2. The van der Waals surface area contributed by atoms with Crippen LogP contribution in [0.4, 0.5) is 10.1 Å². The number of hydrogen-bond donors (Lipinski definition) is 3. The zero-order valence-electron chi connectivity index (χ0n) is 19.5. The third-order valence-corrected chi connectivity index (χ3v) is 5.14. The van der Waals surface area contributed by atoms with Gasteiger partial charge in [-0.1, -0.05) is 19.9 Å². The minimum Gasteiger partial charge on any atom is -0.496 e. The third-order valence-electron chi connectivity index (χ3n) is 5.14. The van der Waals surface area contributed by atoms with Crippen molar-refractivity contribution in [3.8, 4) is 17.2 Å². The number of nitrogens with one attached hydrogen (secondary N) is 1. The van der Waals surface area contributed by atoms with Crippen LogP contribution >= 0.6 is 0 Å². The minimum atomic E-state index is -0.709. The van der Waals surface area contributed by atoms with Crippen LogP contribution < -0.4 is 26.3 Å². The van der Waals surface area contributed by atoms with Gasteiger partial charge in [-0.05, 0) is 48.7 Å². The average Bonchev–Trinajstić information content (AvgIpc) is 3.15. The number of nitrogens with zero attached hydrogens (tertiary/aromatic N) is 2. The second kappa shape index (κ2) is 10.2. The van der Waals surface area contributed by atoms with Crippen LogP contribution in [0.3, 0.4) is 0 Å². The Morgan fingerprint density at radius 2 is 1.91 bits per heavy atom. The highest BCUT2D eigenvalue weighted by Gasteiger charge is 2.24. The van der Waals surface area contributed by atoms with Crippen LogP contribution in [-0.4, -0.2) is 35.3 Å². The Balaban J connectivity index is 1.93. The molecule has 0 aliphatic heterocycles. The zero-order valence-corrected chi connectivity index (χ0v) is 19.5. The summed E-state index contributed by atoms with van der Waals surface area (Å²) < 4.78 is 25.9. The normalized spacial score (nSPS) is 10.9. The minimum absolute atomic E-state index is 0.0239. The summed E-state index contributed by atoms with van der Waals surface area (Å²) >= 11 is 0. The standard InChI is InChI=1S/C24H28FN5O4/c1-5-34-19-10-14(12-28-24(32)16-11-15(25)7-9-18(16)33-4)6-8-17(19)30-22(23(27)31)20(26)21(29-30)13(2)3/h6-11,13H,5,12,26H2,1-4H3,(H2,27,31)(H,28,32). The highest BCUT2D eigenvalue weighted by atomic mass is 19.1. The predicted molar refractivity (Wildman–Crippen MR) is 126 cm³/mol. The number of primary amides is 1. The fourth-order valence-corrected chi connectivity index (χ4v) is 3.53. The molecule has 0 spiro atoms. The number of rotatable bonds is 9. The van der Waals surface area contributed by atoms with Gasteiger partial charge in [-0.25, -0.2) is 9.07 Å². The summed E-state index contributed by atoms with van der Waals surface area (Å²) in [6, 6.07) is 8.90. The number of anilines is 1. The SMILES string of the molecule is CCOc1cc(CNC(=O)c2cc(F)ccc2OC)ccc1-n1nc(C(C)C)c(N)c1C(N)=O. The monoisotopic (exact) mass is 469 g/mol. The van der Waals surface area contributed by atoms with Gasteiger partial charge in [0, 0.05) is 6.54 Å². The van der Waals surface area contributed by atoms with Crippen molar-refractivity contribution in [3.05, 3.63) is 64.7 Å². The van der Waals surface area contributed by atoms with E-state index in [2.05, 4.69) is 10.4 Å². The van der Waals surface area contributed by atoms with Crippen LogP contribution in [0.2, 0.25) is 0 Å². The number of amides is 2. The molecule has 10 heteroatoms. The highest BCUT2D eigenvalue weighted by molar-refractivity contribution is 5.98. The zero-order chi connectivity index (χ0) is 25.0. The Morgan fingerprint density at radius 1 is 1.18 bits per heavy atom. The molecule has 5 N–H and O–H groups in total. The van der Waals surface area contributed by atoms with E-state index in [0.717, 1.165) is 6.07 Å². The summed E-state index contributed by atoms with van der Waals surface area (Å²) in [5.41, 5.74) is 13.9. The molecule has 3 rings (SSSR count). The van der Waals surface area contributed by atoms with Gasteiger partial charge in [0.05, 0.1) is 30.7 Å². The maximum atomic E-state index is 13.6. The second-order valence-corrected chi connectivity index (χ2v) is 7.84. The lowest BCUT2D eigenvalue weighted by molar-refractivity contribution is 0.0945. The lowest BCUT2D eigenvalue weighted by Gasteiger charge is -2.14. The second-order valence-electron chi connectivity index (χ2n) is 7.84. The molecular weight excluding hydrogens is 441 g/mol. The van der Waals surface area contributed by atoms with E-state index in [-0.39, 0.29) is 35.2 Å². The van der Waals surface area contributed by atoms with E-state index in [0.29, 0.717) is 29.3 Å². The molecule has 1 heterocycles. The Morgan fingerprint density at radius 3 is 2.53 bits per heavy atom. The molecule has 0 unspecified atom stereocenters. The summed E-state index contributed by atoms with van der Waals surface area (Å²) in [4.78, 5) is 24.7. The van der Waals surface area contributed by atoms with Crippen LogP contribution in [0.15, 0.2) is 36.4 Å². The molecule has 180 valence electrons. The molecule has 3 aromatic rings. The van der Waals surface area contributed by atoms with Crippen molar-refractivity contribution in [2.75, 3.05) is 19.5 Å². The molecule has 0 aliphatic rings. The molecule has 9 nitrogen and oxygen atoms in total. The molecule has 0 radical (unpaired) electrons. The Hall–Kier alpha value is -4.08. The molecule has 34 heavy (non-hydrogen) atoms. The average molecular weight is 470 g/mol. The molecule has 0 saturated heterocycles. The van der Waals surface area contributed by atoms with Crippen LogP contribution in [0.5, 0.6) is 11.5 Å². The van der Waals surface area contributed by atoms with E-state index < -0.39 is 17.6 Å². The molecule has 1 aromatic heterocycles. The molecule has 2 amide bonds. The van der Waals surface area contributed by atoms with Crippen LogP contribution in [-0.2, 0) is 6.54 Å². The van der Waals surface area contributed by atoms with Crippen molar-refractivity contribution >= 4 is 17.5 Å². The number of nitrogens with two attached hydrogens (primary N) is 2. The topological polar surface area (TPSA) is 134 Å². The third kappa shape index (κ3) is 4.95. The fraction of sp³-hybridized carbons (Fsp3) is 0.292. The van der Waals surface area contributed by atoms with E-state index in [1.54, 1.807) is 18.2 Å². The lowest BCUT2D eigenvalue weighted by Crippen LogP contribution is -2.23. The molecule has 0 aliphatic carbocycles. The van der Waals surface area contributed by atoms with Crippen LogP contribution in [0.1, 0.15) is 58.8 Å². The van der Waals surface area contributed by atoms with Gasteiger partial charge >= 0.3 is 0 Å². The van der Waals surface area contributed by atoms with Gasteiger partial charge in [-0.2, -0.15) is 5.10 Å². The summed E-state index contributed by atoms with van der Waals surface area (Å²) in [6.45, 7) is 6.14. The Kier molecular flexibility index (Phi) is 7.40. The Labute approximate surface area is 196 Å². The quantitative estimate of drug-likeness (QED) is 0.441. The number of benzene rings is 2. The van der Waals surface area contributed by atoms with Gasteiger partial charge in [-0.3, -0.25) is 9.59 Å². The summed E-state index contributed by atoms with van der Waals surface area (Å²) in [5, 5.41) is 7.25. The molecule has 0 bridgehead atoms. The number of methoxy groups -OCH3 is 1. The van der Waals surface area contributed by atoms with Gasteiger partial charge in [0.1, 0.15) is 23.0 Å². The summed E-state index contributed by atoms with van der Waals surface area (Å²) in [7, 11) is 1.41. The lowest BCUT2D eigenvalue weighted by atomic mass is 10.1. The molecule has 0 atom stereocenters. The van der Waals surface area contributed by atoms with E-state index in [4.69, 9.17) is 20.9 Å². The van der Waals surface area contributed by atoms with Crippen molar-refractivity contribution in [3.63, 3.8) is 0 Å². The first-order valence-corrected chi connectivity index (χ1v) is 10.7. The van der Waals surface area contributed by atoms with Crippen molar-refractivity contribution in [2.45, 2.75) is 33.2 Å². The largest absolute Gasteiger partial charge is 0.496 e. The van der Waals surface area contributed by atoms with Gasteiger partial charge in [0.25, 0.3) is 11.8 Å². The fourth-order valence-electron chi connectivity index (χ4n) is 3.53. The maximum Gasteiger partial charge on any atom is 0.269 e. The van der Waals surface area contributed by atoms with Gasteiger partial charge in [0.2, 0.25) is 0 Å². The van der Waals surface area contributed by atoms with Crippen molar-refractivity contribution in [2.24, 2.45) is 5.73 Å². The smallest absolute Gasteiger partial charge is 0.269 e. The molecule has 2 aromatic carbocycles. The maximum absolute atomic E-state index is 13.6. The number of nitrogen functional groups attached to an aromatic ring is 1. The van der Waals surface area contributed by atoms with Gasteiger partial charge in [-0.15, -0.1) is 0 Å². The van der Waals surface area contributed by atoms with E-state index >= 15 is 0 Å². The number of aromatic nitrogens is 2. The van der Waals surface area contributed by atoms with Crippen LogP contribution in [0.25, 0.3) is 5.69 Å². The van der Waals surface area contributed by atoms with E-state index in [1.165, 1.54) is 23.9 Å². The Bertz CT molecular complexity index is 1220. The first-order valence-electron chi connectivity index (χ1n) is 10.7. The molecule has 0 saturated carbocycles. The number of ether oxygens (including phenoxy) is 2.